The Morgan fingerprint density at radius 2 is 2.20 bits per heavy atom. The first-order valence-electron chi connectivity index (χ1n) is 6.52. The zero-order valence-corrected chi connectivity index (χ0v) is 12.0. The van der Waals surface area contributed by atoms with Gasteiger partial charge in [0.25, 0.3) is 5.91 Å². The first-order chi connectivity index (χ1) is 9.61. The van der Waals surface area contributed by atoms with Crippen molar-refractivity contribution in [2.45, 2.75) is 20.4 Å². The van der Waals surface area contributed by atoms with Crippen LogP contribution in [0.15, 0.2) is 30.6 Å². The summed E-state index contributed by atoms with van der Waals surface area (Å²) in [4.78, 5) is 12.1. The van der Waals surface area contributed by atoms with Gasteiger partial charge in [-0.25, -0.2) is 0 Å². The molecule has 2 aromatic rings. The molecule has 20 heavy (non-hydrogen) atoms. The second-order valence-corrected chi connectivity index (χ2v) is 4.67. The third kappa shape index (κ3) is 3.17. The minimum absolute atomic E-state index is 0.0923. The van der Waals surface area contributed by atoms with Crippen molar-refractivity contribution in [3.63, 3.8) is 0 Å². The van der Waals surface area contributed by atoms with Crippen LogP contribution in [0.1, 0.15) is 21.5 Å². The van der Waals surface area contributed by atoms with Gasteiger partial charge >= 0.3 is 0 Å². The summed E-state index contributed by atoms with van der Waals surface area (Å²) in [7, 11) is 1.60. The fourth-order valence-corrected chi connectivity index (χ4v) is 2.05. The SMILES string of the molecule is COc1cccc(C(=O)NCCn2cc(C)cn2)c1C. The van der Waals surface area contributed by atoms with E-state index in [2.05, 4.69) is 10.4 Å². The molecule has 0 saturated heterocycles. The van der Waals surface area contributed by atoms with Crippen molar-refractivity contribution in [2.75, 3.05) is 13.7 Å². The average molecular weight is 273 g/mol. The highest BCUT2D eigenvalue weighted by Gasteiger charge is 2.11. The lowest BCUT2D eigenvalue weighted by Gasteiger charge is -2.10. The highest BCUT2D eigenvalue weighted by Crippen LogP contribution is 2.20. The Kier molecular flexibility index (Phi) is 4.40. The van der Waals surface area contributed by atoms with Crippen LogP contribution < -0.4 is 10.1 Å². The van der Waals surface area contributed by atoms with E-state index in [-0.39, 0.29) is 5.91 Å². The van der Waals surface area contributed by atoms with E-state index in [1.807, 2.05) is 36.9 Å². The van der Waals surface area contributed by atoms with E-state index in [0.29, 0.717) is 18.7 Å². The van der Waals surface area contributed by atoms with Crippen molar-refractivity contribution in [3.8, 4) is 5.75 Å². The Balaban J connectivity index is 1.95. The summed E-state index contributed by atoms with van der Waals surface area (Å²) in [5.74, 6) is 0.630. The van der Waals surface area contributed by atoms with E-state index in [9.17, 15) is 4.79 Å². The van der Waals surface area contributed by atoms with Crippen LogP contribution in [0.4, 0.5) is 0 Å². The molecule has 0 aliphatic heterocycles. The van der Waals surface area contributed by atoms with Crippen LogP contribution in [-0.2, 0) is 6.54 Å². The number of aromatic nitrogens is 2. The highest BCUT2D eigenvalue weighted by molar-refractivity contribution is 5.96. The molecule has 0 radical (unpaired) electrons. The Morgan fingerprint density at radius 3 is 2.85 bits per heavy atom. The van der Waals surface area contributed by atoms with Gasteiger partial charge in [-0.2, -0.15) is 5.10 Å². The van der Waals surface area contributed by atoms with Crippen molar-refractivity contribution in [1.29, 1.82) is 0 Å². The quantitative estimate of drug-likeness (QED) is 0.905. The maximum atomic E-state index is 12.1. The van der Waals surface area contributed by atoms with Gasteiger partial charge in [0.1, 0.15) is 5.75 Å². The van der Waals surface area contributed by atoms with Crippen LogP contribution in [0.3, 0.4) is 0 Å². The molecule has 5 nitrogen and oxygen atoms in total. The van der Waals surface area contributed by atoms with Gasteiger partial charge in [-0.1, -0.05) is 6.07 Å². The Morgan fingerprint density at radius 1 is 1.40 bits per heavy atom. The summed E-state index contributed by atoms with van der Waals surface area (Å²) in [6, 6.07) is 5.46. The Hall–Kier alpha value is -2.30. The average Bonchev–Trinajstić information content (AvgIpc) is 2.84. The number of nitrogens with zero attached hydrogens (tertiary/aromatic N) is 2. The summed E-state index contributed by atoms with van der Waals surface area (Å²) < 4.78 is 7.03. The monoisotopic (exact) mass is 273 g/mol. The molecule has 1 heterocycles. The second kappa shape index (κ2) is 6.23. The number of amides is 1. The summed E-state index contributed by atoms with van der Waals surface area (Å²) in [6.45, 7) is 5.06. The number of methoxy groups -OCH3 is 1. The van der Waals surface area contributed by atoms with E-state index >= 15 is 0 Å². The molecule has 0 spiro atoms. The van der Waals surface area contributed by atoms with Gasteiger partial charge in [-0.15, -0.1) is 0 Å². The number of carbonyl (C=O) groups excluding carboxylic acids is 1. The molecule has 1 aromatic carbocycles. The molecule has 0 bridgehead atoms. The van der Waals surface area contributed by atoms with Crippen LogP contribution in [-0.4, -0.2) is 29.3 Å². The lowest BCUT2D eigenvalue weighted by molar-refractivity contribution is 0.0951. The molecular formula is C15H19N3O2. The topological polar surface area (TPSA) is 56.1 Å². The van der Waals surface area contributed by atoms with Crippen molar-refractivity contribution < 1.29 is 9.53 Å². The van der Waals surface area contributed by atoms with Gasteiger partial charge in [-0.05, 0) is 31.5 Å². The lowest BCUT2D eigenvalue weighted by Crippen LogP contribution is -2.28. The van der Waals surface area contributed by atoms with E-state index in [0.717, 1.165) is 16.9 Å². The number of carbonyl (C=O) groups is 1. The van der Waals surface area contributed by atoms with Gasteiger partial charge in [-0.3, -0.25) is 9.48 Å². The van der Waals surface area contributed by atoms with Gasteiger partial charge in [0, 0.05) is 23.9 Å². The van der Waals surface area contributed by atoms with Crippen molar-refractivity contribution >= 4 is 5.91 Å². The van der Waals surface area contributed by atoms with Gasteiger partial charge in [0.15, 0.2) is 0 Å². The highest BCUT2D eigenvalue weighted by atomic mass is 16.5. The zero-order valence-electron chi connectivity index (χ0n) is 12.0. The van der Waals surface area contributed by atoms with Gasteiger partial charge < -0.3 is 10.1 Å². The summed E-state index contributed by atoms with van der Waals surface area (Å²) in [5, 5.41) is 7.07. The molecule has 1 aromatic heterocycles. The number of nitrogens with one attached hydrogen (secondary N) is 1. The molecule has 106 valence electrons. The number of hydrogen-bond acceptors (Lipinski definition) is 3. The molecule has 0 fully saturated rings. The molecule has 1 amide bonds. The first-order valence-corrected chi connectivity index (χ1v) is 6.52. The zero-order chi connectivity index (χ0) is 14.5. The van der Waals surface area contributed by atoms with E-state index in [1.54, 1.807) is 19.4 Å². The first kappa shape index (κ1) is 14.1. The predicted molar refractivity (Wildman–Crippen MR) is 77.0 cm³/mol. The Labute approximate surface area is 118 Å². The maximum absolute atomic E-state index is 12.1. The number of ether oxygens (including phenoxy) is 1. The van der Waals surface area contributed by atoms with Crippen molar-refractivity contribution in [3.05, 3.63) is 47.3 Å². The van der Waals surface area contributed by atoms with E-state index in [4.69, 9.17) is 4.74 Å². The van der Waals surface area contributed by atoms with Gasteiger partial charge in [0.05, 0.1) is 19.9 Å². The fraction of sp³-hybridized carbons (Fsp3) is 0.333. The third-order valence-electron chi connectivity index (χ3n) is 3.14. The second-order valence-electron chi connectivity index (χ2n) is 4.67. The van der Waals surface area contributed by atoms with Crippen molar-refractivity contribution in [2.24, 2.45) is 0 Å². The molecule has 2 rings (SSSR count). The van der Waals surface area contributed by atoms with E-state index in [1.165, 1.54) is 0 Å². The lowest BCUT2D eigenvalue weighted by atomic mass is 10.1. The summed E-state index contributed by atoms with van der Waals surface area (Å²) in [6.07, 6.45) is 3.75. The fourth-order valence-electron chi connectivity index (χ4n) is 2.05. The number of aryl methyl sites for hydroxylation is 1. The normalized spacial score (nSPS) is 10.3. The van der Waals surface area contributed by atoms with Gasteiger partial charge in [0.2, 0.25) is 0 Å². The van der Waals surface area contributed by atoms with Crippen LogP contribution in [0, 0.1) is 13.8 Å². The van der Waals surface area contributed by atoms with Crippen LogP contribution in [0.2, 0.25) is 0 Å². The largest absolute Gasteiger partial charge is 0.496 e. The molecule has 0 aliphatic carbocycles. The predicted octanol–water partition coefficient (Wildman–Crippen LogP) is 1.94. The molecule has 0 atom stereocenters. The van der Waals surface area contributed by atoms with Crippen LogP contribution >= 0.6 is 0 Å². The Bertz CT molecular complexity index is 605. The molecular weight excluding hydrogens is 254 g/mol. The maximum Gasteiger partial charge on any atom is 0.251 e. The van der Waals surface area contributed by atoms with Crippen molar-refractivity contribution in [1.82, 2.24) is 15.1 Å². The third-order valence-corrected chi connectivity index (χ3v) is 3.14. The minimum atomic E-state index is -0.0923. The van der Waals surface area contributed by atoms with Crippen LogP contribution in [0.25, 0.3) is 0 Å². The minimum Gasteiger partial charge on any atom is -0.496 e. The molecule has 5 heteroatoms. The number of rotatable bonds is 5. The standard InChI is InChI=1S/C15H19N3O2/c1-11-9-17-18(10-11)8-7-16-15(19)13-5-4-6-14(20-3)12(13)2/h4-6,9-10H,7-8H2,1-3H3,(H,16,19). The molecule has 0 saturated carbocycles. The molecule has 0 unspecified atom stereocenters. The molecule has 1 N–H and O–H groups in total. The molecule has 0 aliphatic rings. The number of benzene rings is 1. The van der Waals surface area contributed by atoms with Crippen LogP contribution in [0.5, 0.6) is 5.75 Å². The summed E-state index contributed by atoms with van der Waals surface area (Å²) >= 11 is 0. The summed E-state index contributed by atoms with van der Waals surface area (Å²) in [5.41, 5.74) is 2.60. The van der Waals surface area contributed by atoms with E-state index < -0.39 is 0 Å². The number of hydrogen-bond donors (Lipinski definition) is 1. The smallest absolute Gasteiger partial charge is 0.251 e.